The topological polar surface area (TPSA) is 18.5 Å². The second-order valence-corrected chi connectivity index (χ2v) is 4.10. The van der Waals surface area contributed by atoms with Crippen molar-refractivity contribution in [3.8, 4) is 0 Å². The van der Waals surface area contributed by atoms with Crippen molar-refractivity contribution in [1.29, 1.82) is 0 Å². The van der Waals surface area contributed by atoms with E-state index in [2.05, 4.69) is 7.11 Å². The molecule has 0 saturated heterocycles. The van der Waals surface area contributed by atoms with Gasteiger partial charge >= 0.3 is 0 Å². The van der Waals surface area contributed by atoms with Crippen molar-refractivity contribution in [2.24, 2.45) is 0 Å². The fourth-order valence-electron chi connectivity index (χ4n) is 2.00. The summed E-state index contributed by atoms with van der Waals surface area (Å²) >= 11 is 0. The minimum absolute atomic E-state index is 0.514. The van der Waals surface area contributed by atoms with Gasteiger partial charge in [0.15, 0.2) is 0 Å². The highest BCUT2D eigenvalue weighted by atomic mass is 16.5. The molecule has 1 fully saturated rings. The minimum Gasteiger partial charge on any atom is -0.379 e. The molecule has 0 heterocycles. The molecule has 0 aromatic heterocycles. The van der Waals surface area contributed by atoms with Crippen LogP contribution in [-0.4, -0.2) is 19.3 Å². The van der Waals surface area contributed by atoms with E-state index in [1.807, 2.05) is 0 Å². The third-order valence-corrected chi connectivity index (χ3v) is 2.84. The first-order chi connectivity index (χ1) is 6.93. The SMILES string of the molecule is [CH2]OCCCOC1CCCCCCC1. The van der Waals surface area contributed by atoms with Gasteiger partial charge in [-0.1, -0.05) is 32.1 Å². The van der Waals surface area contributed by atoms with Crippen molar-refractivity contribution in [1.82, 2.24) is 0 Å². The average Bonchev–Trinajstić information content (AvgIpc) is 2.15. The van der Waals surface area contributed by atoms with Gasteiger partial charge in [0.05, 0.1) is 13.2 Å². The quantitative estimate of drug-likeness (QED) is 0.632. The van der Waals surface area contributed by atoms with E-state index in [4.69, 9.17) is 9.47 Å². The van der Waals surface area contributed by atoms with Crippen LogP contribution in [-0.2, 0) is 9.47 Å². The Morgan fingerprint density at radius 2 is 1.57 bits per heavy atom. The average molecular weight is 199 g/mol. The molecule has 0 spiro atoms. The van der Waals surface area contributed by atoms with Crippen molar-refractivity contribution < 1.29 is 9.47 Å². The first-order valence-electron chi connectivity index (χ1n) is 5.92. The van der Waals surface area contributed by atoms with Crippen LogP contribution in [0.25, 0.3) is 0 Å². The van der Waals surface area contributed by atoms with Crippen LogP contribution >= 0.6 is 0 Å². The molecule has 0 atom stereocenters. The molecule has 0 unspecified atom stereocenters. The molecule has 2 heteroatoms. The Labute approximate surface area is 88.0 Å². The van der Waals surface area contributed by atoms with Crippen molar-refractivity contribution in [3.05, 3.63) is 7.11 Å². The van der Waals surface area contributed by atoms with E-state index in [0.29, 0.717) is 12.7 Å². The molecule has 0 N–H and O–H groups in total. The maximum Gasteiger partial charge on any atom is 0.0700 e. The molecule has 0 bridgehead atoms. The van der Waals surface area contributed by atoms with Crippen molar-refractivity contribution in [3.63, 3.8) is 0 Å². The van der Waals surface area contributed by atoms with E-state index in [0.717, 1.165) is 13.0 Å². The monoisotopic (exact) mass is 199 g/mol. The first-order valence-corrected chi connectivity index (χ1v) is 5.92. The molecule has 1 aliphatic carbocycles. The summed E-state index contributed by atoms with van der Waals surface area (Å²) in [5.74, 6) is 0. The highest BCUT2D eigenvalue weighted by Crippen LogP contribution is 2.19. The lowest BCUT2D eigenvalue weighted by molar-refractivity contribution is 0.0265. The molecule has 14 heavy (non-hydrogen) atoms. The first kappa shape index (κ1) is 12.0. The summed E-state index contributed by atoms with van der Waals surface area (Å²) < 4.78 is 10.6. The molecule has 1 aliphatic rings. The molecular formula is C12H23O2. The van der Waals surface area contributed by atoms with Crippen LogP contribution in [0.3, 0.4) is 0 Å². The molecule has 0 aromatic carbocycles. The predicted octanol–water partition coefficient (Wildman–Crippen LogP) is 3.31. The maximum atomic E-state index is 5.81. The maximum absolute atomic E-state index is 5.81. The number of hydrogen-bond acceptors (Lipinski definition) is 2. The van der Waals surface area contributed by atoms with Crippen LogP contribution < -0.4 is 0 Å². The van der Waals surface area contributed by atoms with Gasteiger partial charge in [0.2, 0.25) is 0 Å². The summed E-state index contributed by atoms with van der Waals surface area (Å²) in [7, 11) is 3.34. The van der Waals surface area contributed by atoms with Gasteiger partial charge in [0.25, 0.3) is 0 Å². The molecule has 1 saturated carbocycles. The zero-order valence-electron chi connectivity index (χ0n) is 9.17. The fraction of sp³-hybridized carbons (Fsp3) is 0.917. The molecule has 2 nitrogen and oxygen atoms in total. The lowest BCUT2D eigenvalue weighted by atomic mass is 9.99. The third-order valence-electron chi connectivity index (χ3n) is 2.84. The van der Waals surface area contributed by atoms with Crippen LogP contribution in [0, 0.1) is 7.11 Å². The number of rotatable bonds is 5. The summed E-state index contributed by atoms with van der Waals surface area (Å²) in [6, 6.07) is 0. The Bertz CT molecular complexity index is 117. The molecule has 0 amide bonds. The van der Waals surface area contributed by atoms with Crippen molar-refractivity contribution in [2.45, 2.75) is 57.5 Å². The van der Waals surface area contributed by atoms with Gasteiger partial charge in [0, 0.05) is 13.2 Å². The van der Waals surface area contributed by atoms with E-state index in [9.17, 15) is 0 Å². The molecule has 0 aliphatic heterocycles. The molecule has 1 rings (SSSR count). The van der Waals surface area contributed by atoms with Crippen LogP contribution in [0.4, 0.5) is 0 Å². The molecule has 1 radical (unpaired) electrons. The third kappa shape index (κ3) is 5.61. The van der Waals surface area contributed by atoms with Crippen LogP contribution in [0.15, 0.2) is 0 Å². The zero-order chi connectivity index (χ0) is 10.1. The minimum atomic E-state index is 0.514. The van der Waals surface area contributed by atoms with Gasteiger partial charge in [0.1, 0.15) is 0 Å². The molecule has 83 valence electrons. The van der Waals surface area contributed by atoms with Gasteiger partial charge in [-0.3, -0.25) is 0 Å². The van der Waals surface area contributed by atoms with Crippen LogP contribution in [0.1, 0.15) is 51.4 Å². The lowest BCUT2D eigenvalue weighted by Crippen LogP contribution is -2.15. The highest BCUT2D eigenvalue weighted by Gasteiger charge is 2.10. The lowest BCUT2D eigenvalue weighted by Gasteiger charge is -2.20. The summed E-state index contributed by atoms with van der Waals surface area (Å²) in [5, 5.41) is 0. The Kier molecular flexibility index (Phi) is 7.06. The predicted molar refractivity (Wildman–Crippen MR) is 58.0 cm³/mol. The Hall–Kier alpha value is -0.0800. The van der Waals surface area contributed by atoms with Gasteiger partial charge in [-0.05, 0) is 19.3 Å². The van der Waals surface area contributed by atoms with E-state index < -0.39 is 0 Å². The largest absolute Gasteiger partial charge is 0.379 e. The Morgan fingerprint density at radius 3 is 2.21 bits per heavy atom. The standard InChI is InChI=1S/C12H23O2/c1-13-10-7-11-14-12-8-5-3-2-4-6-9-12/h12H,1-11H2. The number of hydrogen-bond donors (Lipinski definition) is 0. The normalized spacial score (nSPS) is 20.4. The Balaban J connectivity index is 2.02. The fourth-order valence-corrected chi connectivity index (χ4v) is 2.00. The smallest absolute Gasteiger partial charge is 0.0700 e. The second kappa shape index (κ2) is 8.25. The van der Waals surface area contributed by atoms with Gasteiger partial charge in [-0.25, -0.2) is 0 Å². The Morgan fingerprint density at radius 1 is 0.929 bits per heavy atom. The highest BCUT2D eigenvalue weighted by molar-refractivity contribution is 4.63. The van der Waals surface area contributed by atoms with Gasteiger partial charge < -0.3 is 9.47 Å². The zero-order valence-corrected chi connectivity index (χ0v) is 9.17. The van der Waals surface area contributed by atoms with Crippen molar-refractivity contribution >= 4 is 0 Å². The summed E-state index contributed by atoms with van der Waals surface area (Å²) in [4.78, 5) is 0. The van der Waals surface area contributed by atoms with E-state index in [-0.39, 0.29) is 0 Å². The van der Waals surface area contributed by atoms with E-state index >= 15 is 0 Å². The second-order valence-electron chi connectivity index (χ2n) is 4.10. The van der Waals surface area contributed by atoms with Crippen LogP contribution in [0.5, 0.6) is 0 Å². The van der Waals surface area contributed by atoms with Gasteiger partial charge in [-0.2, -0.15) is 0 Å². The summed E-state index contributed by atoms with van der Waals surface area (Å²) in [5.41, 5.74) is 0. The summed E-state index contributed by atoms with van der Waals surface area (Å²) in [6.07, 6.45) is 10.9. The van der Waals surface area contributed by atoms with E-state index in [1.54, 1.807) is 0 Å². The molecular weight excluding hydrogens is 176 g/mol. The van der Waals surface area contributed by atoms with E-state index in [1.165, 1.54) is 44.9 Å². The molecule has 0 aromatic rings. The number of ether oxygens (including phenoxy) is 2. The van der Waals surface area contributed by atoms with Crippen LogP contribution in [0.2, 0.25) is 0 Å². The van der Waals surface area contributed by atoms with Crippen molar-refractivity contribution in [2.75, 3.05) is 13.2 Å². The van der Waals surface area contributed by atoms with Gasteiger partial charge in [-0.15, -0.1) is 0 Å². The summed E-state index contributed by atoms with van der Waals surface area (Å²) in [6.45, 7) is 1.55.